The molecule has 0 aliphatic carbocycles. The number of aromatic nitrogens is 1. The van der Waals surface area contributed by atoms with Crippen LogP contribution in [0.15, 0.2) is 23.6 Å². The number of ether oxygens (including phenoxy) is 2. The van der Waals surface area contributed by atoms with E-state index < -0.39 is 0 Å². The third-order valence-corrected chi connectivity index (χ3v) is 4.69. The molecule has 0 aliphatic heterocycles. The van der Waals surface area contributed by atoms with Crippen LogP contribution in [0.4, 0.5) is 0 Å². The van der Waals surface area contributed by atoms with Gasteiger partial charge in [-0.15, -0.1) is 11.3 Å². The first-order chi connectivity index (χ1) is 11.4. The van der Waals surface area contributed by atoms with Crippen molar-refractivity contribution in [3.63, 3.8) is 0 Å². The van der Waals surface area contributed by atoms with Gasteiger partial charge in [-0.25, -0.2) is 4.98 Å². The standard InChI is InChI=1S/C17H23N3O3S/c1-17(2,11-5-6-13(22-3)14(7-11)23-4)10-19-16(21)12-9-24-15(8-18)20-12/h5-7,9H,8,10,18H2,1-4H3,(H,19,21). The van der Waals surface area contributed by atoms with Crippen molar-refractivity contribution >= 4 is 17.2 Å². The van der Waals surface area contributed by atoms with Crippen molar-refractivity contribution in [1.82, 2.24) is 10.3 Å². The molecule has 1 heterocycles. The van der Waals surface area contributed by atoms with Crippen LogP contribution < -0.4 is 20.5 Å². The lowest BCUT2D eigenvalue weighted by atomic mass is 9.84. The van der Waals surface area contributed by atoms with Crippen LogP contribution in [0, 0.1) is 0 Å². The third kappa shape index (κ3) is 4.04. The second-order valence-corrected chi connectivity index (χ2v) is 6.91. The topological polar surface area (TPSA) is 86.5 Å². The van der Waals surface area contributed by atoms with Gasteiger partial charge in [0.25, 0.3) is 5.91 Å². The van der Waals surface area contributed by atoms with Crippen molar-refractivity contribution in [2.45, 2.75) is 25.8 Å². The quantitative estimate of drug-likeness (QED) is 0.801. The van der Waals surface area contributed by atoms with Crippen molar-refractivity contribution < 1.29 is 14.3 Å². The highest BCUT2D eigenvalue weighted by Gasteiger charge is 2.24. The lowest BCUT2D eigenvalue weighted by Crippen LogP contribution is -2.36. The number of nitrogens with zero attached hydrogens (tertiary/aromatic N) is 1. The Morgan fingerprint density at radius 1 is 1.29 bits per heavy atom. The molecule has 1 amide bonds. The van der Waals surface area contributed by atoms with E-state index in [0.717, 1.165) is 10.6 Å². The number of amides is 1. The second-order valence-electron chi connectivity index (χ2n) is 5.97. The van der Waals surface area contributed by atoms with Gasteiger partial charge in [-0.2, -0.15) is 0 Å². The highest BCUT2D eigenvalue weighted by molar-refractivity contribution is 7.09. The molecule has 0 bridgehead atoms. The smallest absolute Gasteiger partial charge is 0.270 e. The van der Waals surface area contributed by atoms with Gasteiger partial charge >= 0.3 is 0 Å². The summed E-state index contributed by atoms with van der Waals surface area (Å²) in [6.45, 7) is 4.92. The van der Waals surface area contributed by atoms with Gasteiger partial charge < -0.3 is 20.5 Å². The fourth-order valence-electron chi connectivity index (χ4n) is 2.26. The Morgan fingerprint density at radius 3 is 2.58 bits per heavy atom. The van der Waals surface area contributed by atoms with E-state index in [4.69, 9.17) is 15.2 Å². The predicted molar refractivity (Wildman–Crippen MR) is 94.9 cm³/mol. The molecule has 0 unspecified atom stereocenters. The average Bonchev–Trinajstić information content (AvgIpc) is 3.08. The highest BCUT2D eigenvalue weighted by atomic mass is 32.1. The monoisotopic (exact) mass is 349 g/mol. The summed E-state index contributed by atoms with van der Waals surface area (Å²) in [5, 5.41) is 5.41. The Hall–Kier alpha value is -2.12. The van der Waals surface area contributed by atoms with E-state index in [-0.39, 0.29) is 11.3 Å². The minimum absolute atomic E-state index is 0.195. The number of carbonyl (C=O) groups excluding carboxylic acids is 1. The van der Waals surface area contributed by atoms with E-state index in [0.29, 0.717) is 30.3 Å². The minimum Gasteiger partial charge on any atom is -0.493 e. The highest BCUT2D eigenvalue weighted by Crippen LogP contribution is 2.32. The van der Waals surface area contributed by atoms with Gasteiger partial charge in [-0.3, -0.25) is 4.79 Å². The molecular formula is C17H23N3O3S. The SMILES string of the molecule is COc1ccc(C(C)(C)CNC(=O)c2csc(CN)n2)cc1OC. The second kappa shape index (κ2) is 7.63. The maximum absolute atomic E-state index is 12.2. The van der Waals surface area contributed by atoms with Gasteiger partial charge in [-0.1, -0.05) is 19.9 Å². The molecule has 7 heteroatoms. The largest absolute Gasteiger partial charge is 0.493 e. The van der Waals surface area contributed by atoms with Crippen LogP contribution in [0.1, 0.15) is 34.9 Å². The molecule has 0 spiro atoms. The lowest BCUT2D eigenvalue weighted by Gasteiger charge is -2.26. The summed E-state index contributed by atoms with van der Waals surface area (Å²) in [6, 6.07) is 5.77. The van der Waals surface area contributed by atoms with Gasteiger partial charge in [0, 0.05) is 23.9 Å². The number of carbonyl (C=O) groups is 1. The van der Waals surface area contributed by atoms with Crippen LogP contribution >= 0.6 is 11.3 Å². The van der Waals surface area contributed by atoms with Gasteiger partial charge in [0.1, 0.15) is 10.7 Å². The summed E-state index contributed by atoms with van der Waals surface area (Å²) in [7, 11) is 3.21. The molecule has 0 saturated carbocycles. The molecule has 0 saturated heterocycles. The Morgan fingerprint density at radius 2 is 2.00 bits per heavy atom. The number of nitrogens with one attached hydrogen (secondary N) is 1. The number of benzene rings is 1. The Labute approximate surface area is 146 Å². The molecule has 130 valence electrons. The van der Waals surface area contributed by atoms with Crippen molar-refractivity contribution in [3.05, 3.63) is 39.8 Å². The fraction of sp³-hybridized carbons (Fsp3) is 0.412. The van der Waals surface area contributed by atoms with E-state index in [2.05, 4.69) is 24.1 Å². The molecule has 2 rings (SSSR count). The summed E-state index contributed by atoms with van der Waals surface area (Å²) in [5.74, 6) is 1.15. The fourth-order valence-corrected chi connectivity index (χ4v) is 2.91. The molecule has 1 aromatic carbocycles. The first-order valence-corrected chi connectivity index (χ1v) is 8.44. The molecule has 0 atom stereocenters. The number of hydrogen-bond acceptors (Lipinski definition) is 6. The molecule has 0 radical (unpaired) electrons. The summed E-state index contributed by atoms with van der Waals surface area (Å²) in [5.41, 5.74) is 6.70. The summed E-state index contributed by atoms with van der Waals surface area (Å²) >= 11 is 1.39. The number of rotatable bonds is 7. The Bertz CT molecular complexity index is 713. The summed E-state index contributed by atoms with van der Waals surface area (Å²) in [4.78, 5) is 16.4. The van der Waals surface area contributed by atoms with E-state index in [9.17, 15) is 4.79 Å². The zero-order valence-corrected chi connectivity index (χ0v) is 15.2. The maximum atomic E-state index is 12.2. The van der Waals surface area contributed by atoms with Crippen LogP contribution in [0.25, 0.3) is 0 Å². The van der Waals surface area contributed by atoms with E-state index in [1.54, 1.807) is 19.6 Å². The third-order valence-electron chi connectivity index (χ3n) is 3.81. The summed E-state index contributed by atoms with van der Waals surface area (Å²) in [6.07, 6.45) is 0. The van der Waals surface area contributed by atoms with Crippen molar-refractivity contribution in [2.24, 2.45) is 5.73 Å². The van der Waals surface area contributed by atoms with Crippen molar-refractivity contribution in [3.8, 4) is 11.5 Å². The van der Waals surface area contributed by atoms with Crippen LogP contribution in [-0.4, -0.2) is 31.7 Å². The maximum Gasteiger partial charge on any atom is 0.270 e. The van der Waals surface area contributed by atoms with E-state index in [1.165, 1.54) is 11.3 Å². The molecular weight excluding hydrogens is 326 g/mol. The number of thiazole rings is 1. The average molecular weight is 349 g/mol. The molecule has 0 fully saturated rings. The molecule has 1 aromatic heterocycles. The number of methoxy groups -OCH3 is 2. The number of nitrogens with two attached hydrogens (primary N) is 1. The Balaban J connectivity index is 2.08. The van der Waals surface area contributed by atoms with E-state index in [1.807, 2.05) is 18.2 Å². The molecule has 24 heavy (non-hydrogen) atoms. The number of hydrogen-bond donors (Lipinski definition) is 2. The van der Waals surface area contributed by atoms with Gasteiger partial charge in [0.15, 0.2) is 11.5 Å². The molecule has 2 aromatic rings. The normalized spacial score (nSPS) is 11.2. The minimum atomic E-state index is -0.276. The van der Waals surface area contributed by atoms with E-state index >= 15 is 0 Å². The van der Waals surface area contributed by atoms with Gasteiger partial charge in [0.05, 0.1) is 14.2 Å². The zero-order valence-electron chi connectivity index (χ0n) is 14.4. The van der Waals surface area contributed by atoms with Gasteiger partial charge in [-0.05, 0) is 17.7 Å². The lowest BCUT2D eigenvalue weighted by molar-refractivity contribution is 0.0941. The molecule has 3 N–H and O–H groups in total. The Kier molecular flexibility index (Phi) is 5.80. The molecule has 0 aliphatic rings. The van der Waals surface area contributed by atoms with Crippen LogP contribution in [0.2, 0.25) is 0 Å². The van der Waals surface area contributed by atoms with Gasteiger partial charge in [0.2, 0.25) is 0 Å². The molecule has 6 nitrogen and oxygen atoms in total. The van der Waals surface area contributed by atoms with Crippen LogP contribution in [-0.2, 0) is 12.0 Å². The van der Waals surface area contributed by atoms with Crippen LogP contribution in [0.5, 0.6) is 11.5 Å². The predicted octanol–water partition coefficient (Wildman–Crippen LogP) is 2.33. The van der Waals surface area contributed by atoms with Crippen LogP contribution in [0.3, 0.4) is 0 Å². The first-order valence-electron chi connectivity index (χ1n) is 7.56. The van der Waals surface area contributed by atoms with Crippen molar-refractivity contribution in [2.75, 3.05) is 20.8 Å². The first kappa shape index (κ1) is 18.2. The zero-order chi connectivity index (χ0) is 17.7. The summed E-state index contributed by atoms with van der Waals surface area (Å²) < 4.78 is 10.6. The van der Waals surface area contributed by atoms with Crippen molar-refractivity contribution in [1.29, 1.82) is 0 Å².